The molecule has 46 valence electrons. The largest absolute Gasteiger partial charge is 0.270 e. The Kier molecular flexibility index (Phi) is 1.54. The first-order valence-electron chi connectivity index (χ1n) is 2.24. The van der Waals surface area contributed by atoms with E-state index in [1.807, 2.05) is 6.92 Å². The minimum absolute atomic E-state index is 0.564. The number of hydrogen-bond donors (Lipinski definition) is 0. The maximum Gasteiger partial charge on any atom is 0.120 e. The zero-order valence-corrected chi connectivity index (χ0v) is 5.95. The lowest BCUT2D eigenvalue weighted by Crippen LogP contribution is -2.10. The molecule has 0 aliphatic carbocycles. The van der Waals surface area contributed by atoms with E-state index in [9.17, 15) is 0 Å². The van der Waals surface area contributed by atoms with Crippen LogP contribution in [0.3, 0.4) is 0 Å². The standard InChI is InChI=1S/C4H6Cl2N2/c1-4-2-7(5)3-8(4)6/h2H,3H2,1H3. The molecule has 0 bridgehead atoms. The van der Waals surface area contributed by atoms with Crippen LogP contribution in [-0.2, 0) is 0 Å². The third kappa shape index (κ3) is 1.01. The number of allylic oxidation sites excluding steroid dienone is 1. The van der Waals surface area contributed by atoms with Gasteiger partial charge in [-0.1, -0.05) is 0 Å². The highest BCUT2D eigenvalue weighted by atomic mass is 35.5. The summed E-state index contributed by atoms with van der Waals surface area (Å²) in [6.45, 7) is 2.46. The lowest BCUT2D eigenvalue weighted by molar-refractivity contribution is 0.482. The average molecular weight is 153 g/mol. The zero-order chi connectivity index (χ0) is 6.15. The van der Waals surface area contributed by atoms with Crippen LogP contribution in [0.15, 0.2) is 11.9 Å². The maximum absolute atomic E-state index is 5.60. The molecule has 0 spiro atoms. The summed E-state index contributed by atoms with van der Waals surface area (Å²) in [7, 11) is 0. The van der Waals surface area contributed by atoms with Crippen molar-refractivity contribution in [1.82, 2.24) is 8.84 Å². The van der Waals surface area contributed by atoms with Crippen LogP contribution in [0, 0.1) is 0 Å². The molecule has 4 heteroatoms. The van der Waals surface area contributed by atoms with Crippen LogP contribution in [0.25, 0.3) is 0 Å². The summed E-state index contributed by atoms with van der Waals surface area (Å²) in [6, 6.07) is 0. The van der Waals surface area contributed by atoms with Crippen molar-refractivity contribution in [3.8, 4) is 0 Å². The van der Waals surface area contributed by atoms with Crippen molar-refractivity contribution in [2.24, 2.45) is 0 Å². The fraction of sp³-hybridized carbons (Fsp3) is 0.500. The second-order valence-corrected chi connectivity index (χ2v) is 2.52. The van der Waals surface area contributed by atoms with Crippen LogP contribution < -0.4 is 0 Å². The molecule has 1 heterocycles. The third-order valence-corrected chi connectivity index (χ3v) is 1.55. The number of rotatable bonds is 0. The van der Waals surface area contributed by atoms with Gasteiger partial charge in [0.25, 0.3) is 0 Å². The number of hydrogen-bond acceptors (Lipinski definition) is 2. The van der Waals surface area contributed by atoms with Gasteiger partial charge in [0, 0.05) is 35.5 Å². The minimum atomic E-state index is 0.564. The van der Waals surface area contributed by atoms with Crippen LogP contribution in [-0.4, -0.2) is 15.5 Å². The van der Waals surface area contributed by atoms with Gasteiger partial charge in [0.2, 0.25) is 0 Å². The Morgan fingerprint density at radius 1 is 1.62 bits per heavy atom. The van der Waals surface area contributed by atoms with Gasteiger partial charge >= 0.3 is 0 Å². The summed E-state index contributed by atoms with van der Waals surface area (Å²) < 4.78 is 3.05. The van der Waals surface area contributed by atoms with E-state index in [-0.39, 0.29) is 0 Å². The molecule has 0 amide bonds. The molecule has 0 unspecified atom stereocenters. The molecule has 0 aromatic heterocycles. The molecule has 1 rings (SSSR count). The fourth-order valence-electron chi connectivity index (χ4n) is 0.536. The van der Waals surface area contributed by atoms with Gasteiger partial charge < -0.3 is 0 Å². The van der Waals surface area contributed by atoms with E-state index >= 15 is 0 Å². The molecule has 0 saturated heterocycles. The molecule has 0 atom stereocenters. The summed E-state index contributed by atoms with van der Waals surface area (Å²) >= 11 is 11.1. The molecule has 1 aliphatic rings. The van der Waals surface area contributed by atoms with Gasteiger partial charge in [-0.15, -0.1) is 0 Å². The molecule has 0 N–H and O–H groups in total. The lowest BCUT2D eigenvalue weighted by atomic mass is 10.6. The summed E-state index contributed by atoms with van der Waals surface area (Å²) in [5.41, 5.74) is 0.974. The quantitative estimate of drug-likeness (QED) is 0.489. The van der Waals surface area contributed by atoms with Gasteiger partial charge in [0.05, 0.1) is 0 Å². The number of halogens is 2. The van der Waals surface area contributed by atoms with E-state index in [1.165, 1.54) is 4.42 Å². The van der Waals surface area contributed by atoms with E-state index in [0.717, 1.165) is 5.70 Å². The molecular weight excluding hydrogens is 147 g/mol. The molecule has 0 radical (unpaired) electrons. The zero-order valence-electron chi connectivity index (χ0n) is 4.43. The molecule has 0 aromatic rings. The third-order valence-electron chi connectivity index (χ3n) is 0.969. The van der Waals surface area contributed by atoms with Crippen LogP contribution >= 0.6 is 23.6 Å². The van der Waals surface area contributed by atoms with Gasteiger partial charge in [-0.3, -0.25) is 8.84 Å². The molecule has 8 heavy (non-hydrogen) atoms. The van der Waals surface area contributed by atoms with Crippen molar-refractivity contribution in [2.75, 3.05) is 6.67 Å². The molecule has 0 fully saturated rings. The van der Waals surface area contributed by atoms with Crippen LogP contribution in [0.1, 0.15) is 6.92 Å². The monoisotopic (exact) mass is 152 g/mol. The minimum Gasteiger partial charge on any atom is -0.270 e. The molecular formula is C4H6Cl2N2. The first kappa shape index (κ1) is 6.05. The fourth-order valence-corrected chi connectivity index (χ4v) is 0.998. The second kappa shape index (κ2) is 2.03. The van der Waals surface area contributed by atoms with Gasteiger partial charge in [-0.25, -0.2) is 0 Å². The van der Waals surface area contributed by atoms with E-state index in [2.05, 4.69) is 0 Å². The van der Waals surface area contributed by atoms with Crippen molar-refractivity contribution in [3.63, 3.8) is 0 Å². The molecule has 0 saturated carbocycles. The normalized spacial score (nSPS) is 19.6. The second-order valence-electron chi connectivity index (χ2n) is 1.67. The first-order valence-corrected chi connectivity index (χ1v) is 2.92. The summed E-state index contributed by atoms with van der Waals surface area (Å²) in [6.07, 6.45) is 1.77. The van der Waals surface area contributed by atoms with Gasteiger partial charge in [-0.05, 0) is 6.92 Å². The summed E-state index contributed by atoms with van der Waals surface area (Å²) in [4.78, 5) is 0. The average Bonchev–Trinajstić information content (AvgIpc) is 1.85. The molecule has 0 aromatic carbocycles. The van der Waals surface area contributed by atoms with Crippen molar-refractivity contribution >= 4 is 23.6 Å². The number of nitrogens with zero attached hydrogens (tertiary/aromatic N) is 2. The smallest absolute Gasteiger partial charge is 0.120 e. The topological polar surface area (TPSA) is 6.48 Å². The van der Waals surface area contributed by atoms with Crippen molar-refractivity contribution < 1.29 is 0 Å². The predicted molar refractivity (Wildman–Crippen MR) is 34.0 cm³/mol. The highest BCUT2D eigenvalue weighted by Gasteiger charge is 2.12. The Morgan fingerprint density at radius 2 is 2.25 bits per heavy atom. The Bertz CT molecular complexity index is 123. The summed E-state index contributed by atoms with van der Waals surface area (Å²) in [5, 5.41) is 0. The summed E-state index contributed by atoms with van der Waals surface area (Å²) in [5.74, 6) is 0. The van der Waals surface area contributed by atoms with Crippen molar-refractivity contribution in [1.29, 1.82) is 0 Å². The Balaban J connectivity index is 2.59. The van der Waals surface area contributed by atoms with E-state index in [4.69, 9.17) is 23.6 Å². The SMILES string of the molecule is CC1=CN(Cl)CN1Cl. The molecule has 2 nitrogen and oxygen atoms in total. The van der Waals surface area contributed by atoms with Crippen molar-refractivity contribution in [2.45, 2.75) is 6.92 Å². The highest BCUT2D eigenvalue weighted by Crippen LogP contribution is 2.17. The van der Waals surface area contributed by atoms with Crippen molar-refractivity contribution in [3.05, 3.63) is 11.9 Å². The van der Waals surface area contributed by atoms with Gasteiger partial charge in [0.15, 0.2) is 0 Å². The van der Waals surface area contributed by atoms with Crippen LogP contribution in [0.2, 0.25) is 0 Å². The van der Waals surface area contributed by atoms with E-state index in [0.29, 0.717) is 6.67 Å². The first-order chi connectivity index (χ1) is 3.70. The van der Waals surface area contributed by atoms with E-state index < -0.39 is 0 Å². The highest BCUT2D eigenvalue weighted by molar-refractivity contribution is 6.17. The van der Waals surface area contributed by atoms with Gasteiger partial charge in [-0.2, -0.15) is 0 Å². The Hall–Kier alpha value is -0.0800. The molecule has 1 aliphatic heterocycles. The van der Waals surface area contributed by atoms with Gasteiger partial charge in [0.1, 0.15) is 6.67 Å². The Morgan fingerprint density at radius 3 is 2.38 bits per heavy atom. The van der Waals surface area contributed by atoms with Crippen LogP contribution in [0.4, 0.5) is 0 Å². The van der Waals surface area contributed by atoms with E-state index in [1.54, 1.807) is 10.6 Å². The lowest BCUT2D eigenvalue weighted by Gasteiger charge is -2.07. The predicted octanol–water partition coefficient (Wildman–Crippen LogP) is 1.73. The Labute approximate surface area is 58.5 Å². The maximum atomic E-state index is 5.60. The van der Waals surface area contributed by atoms with Crippen LogP contribution in [0.5, 0.6) is 0 Å².